The predicted octanol–water partition coefficient (Wildman–Crippen LogP) is 1.71. The fourth-order valence-corrected chi connectivity index (χ4v) is 1.62. The molecule has 17 heavy (non-hydrogen) atoms. The second-order valence-electron chi connectivity index (χ2n) is 3.54. The lowest BCUT2D eigenvalue weighted by Crippen LogP contribution is -2.37. The molecule has 1 aromatic carbocycles. The van der Waals surface area contributed by atoms with Crippen LogP contribution in [0.15, 0.2) is 28.7 Å². The van der Waals surface area contributed by atoms with Crippen molar-refractivity contribution in [2.75, 3.05) is 13.1 Å². The van der Waals surface area contributed by atoms with E-state index in [2.05, 4.69) is 26.6 Å². The summed E-state index contributed by atoms with van der Waals surface area (Å²) in [4.78, 5) is 22.9. The summed E-state index contributed by atoms with van der Waals surface area (Å²) < 4.78 is 0.834. The van der Waals surface area contributed by atoms with Crippen LogP contribution in [0.3, 0.4) is 0 Å². The van der Waals surface area contributed by atoms with Gasteiger partial charge in [-0.15, -0.1) is 0 Å². The zero-order chi connectivity index (χ0) is 12.7. The van der Waals surface area contributed by atoms with Crippen molar-refractivity contribution in [3.63, 3.8) is 0 Å². The number of carbonyl (C=O) groups excluding carboxylic acids is 2. The SMILES string of the molecule is CCCNC(=O)CNC(=O)c1cccc(Br)c1. The summed E-state index contributed by atoms with van der Waals surface area (Å²) in [6, 6.07) is 7.02. The Balaban J connectivity index is 2.42. The molecule has 0 heterocycles. The van der Waals surface area contributed by atoms with Gasteiger partial charge < -0.3 is 10.6 Å². The lowest BCUT2D eigenvalue weighted by atomic mass is 10.2. The molecule has 0 radical (unpaired) electrons. The number of rotatable bonds is 5. The molecule has 0 aliphatic heterocycles. The highest BCUT2D eigenvalue weighted by Crippen LogP contribution is 2.11. The topological polar surface area (TPSA) is 58.2 Å². The second-order valence-corrected chi connectivity index (χ2v) is 4.46. The molecular formula is C12H15BrN2O2. The molecule has 0 spiro atoms. The molecule has 5 heteroatoms. The normalized spacial score (nSPS) is 9.76. The molecule has 1 aromatic rings. The van der Waals surface area contributed by atoms with Gasteiger partial charge in [0, 0.05) is 16.6 Å². The third-order valence-corrected chi connectivity index (χ3v) is 2.56. The third-order valence-electron chi connectivity index (χ3n) is 2.07. The molecule has 0 fully saturated rings. The van der Waals surface area contributed by atoms with E-state index in [-0.39, 0.29) is 18.4 Å². The minimum atomic E-state index is -0.252. The third kappa shape index (κ3) is 4.99. The maximum Gasteiger partial charge on any atom is 0.251 e. The Morgan fingerprint density at radius 1 is 1.29 bits per heavy atom. The van der Waals surface area contributed by atoms with Crippen LogP contribution in [0.1, 0.15) is 23.7 Å². The average molecular weight is 299 g/mol. The molecule has 0 unspecified atom stereocenters. The Morgan fingerprint density at radius 2 is 2.06 bits per heavy atom. The molecule has 0 aliphatic carbocycles. The van der Waals surface area contributed by atoms with Crippen molar-refractivity contribution in [2.24, 2.45) is 0 Å². The fraction of sp³-hybridized carbons (Fsp3) is 0.333. The van der Waals surface area contributed by atoms with E-state index < -0.39 is 0 Å². The molecule has 1 rings (SSSR count). The van der Waals surface area contributed by atoms with E-state index >= 15 is 0 Å². The summed E-state index contributed by atoms with van der Waals surface area (Å²) in [5.41, 5.74) is 0.530. The summed E-state index contributed by atoms with van der Waals surface area (Å²) >= 11 is 3.29. The molecule has 2 amide bonds. The molecule has 0 saturated carbocycles. The monoisotopic (exact) mass is 298 g/mol. The Kier molecular flexibility index (Phi) is 5.69. The highest BCUT2D eigenvalue weighted by Gasteiger charge is 2.07. The van der Waals surface area contributed by atoms with E-state index in [0.29, 0.717) is 12.1 Å². The van der Waals surface area contributed by atoms with Crippen molar-refractivity contribution in [1.82, 2.24) is 10.6 Å². The molecule has 0 saturated heterocycles. The first-order chi connectivity index (χ1) is 8.13. The van der Waals surface area contributed by atoms with E-state index in [1.807, 2.05) is 13.0 Å². The molecule has 0 aliphatic rings. The summed E-state index contributed by atoms with van der Waals surface area (Å²) in [5.74, 6) is -0.423. The van der Waals surface area contributed by atoms with Crippen LogP contribution < -0.4 is 10.6 Å². The van der Waals surface area contributed by atoms with Crippen molar-refractivity contribution in [3.05, 3.63) is 34.3 Å². The van der Waals surface area contributed by atoms with E-state index in [1.165, 1.54) is 0 Å². The van der Waals surface area contributed by atoms with Crippen LogP contribution in [0.2, 0.25) is 0 Å². The Bertz CT molecular complexity index is 407. The van der Waals surface area contributed by atoms with Crippen molar-refractivity contribution in [3.8, 4) is 0 Å². The second kappa shape index (κ2) is 7.06. The Hall–Kier alpha value is -1.36. The van der Waals surface area contributed by atoms with E-state index in [1.54, 1.807) is 18.2 Å². The number of benzene rings is 1. The van der Waals surface area contributed by atoms with Crippen LogP contribution in [0, 0.1) is 0 Å². The van der Waals surface area contributed by atoms with Gasteiger partial charge in [-0.25, -0.2) is 0 Å². The van der Waals surface area contributed by atoms with Gasteiger partial charge in [-0.05, 0) is 24.6 Å². The molecular weight excluding hydrogens is 284 g/mol. The smallest absolute Gasteiger partial charge is 0.251 e. The number of nitrogens with one attached hydrogen (secondary N) is 2. The molecule has 0 atom stereocenters. The summed E-state index contributed by atoms with van der Waals surface area (Å²) in [6.45, 7) is 2.61. The van der Waals surface area contributed by atoms with Gasteiger partial charge in [0.05, 0.1) is 6.54 Å². The van der Waals surface area contributed by atoms with Crippen LogP contribution in [-0.4, -0.2) is 24.9 Å². The van der Waals surface area contributed by atoms with Crippen LogP contribution in [0.25, 0.3) is 0 Å². The predicted molar refractivity (Wildman–Crippen MR) is 69.8 cm³/mol. The van der Waals surface area contributed by atoms with Gasteiger partial charge in [-0.3, -0.25) is 9.59 Å². The molecule has 0 bridgehead atoms. The summed E-state index contributed by atoms with van der Waals surface area (Å²) in [6.07, 6.45) is 0.880. The van der Waals surface area contributed by atoms with Gasteiger partial charge in [0.1, 0.15) is 0 Å². The van der Waals surface area contributed by atoms with Crippen molar-refractivity contribution < 1.29 is 9.59 Å². The van der Waals surface area contributed by atoms with Crippen LogP contribution in [0.4, 0.5) is 0 Å². The Morgan fingerprint density at radius 3 is 2.71 bits per heavy atom. The number of amides is 2. The van der Waals surface area contributed by atoms with Crippen molar-refractivity contribution in [2.45, 2.75) is 13.3 Å². The molecule has 0 aromatic heterocycles. The zero-order valence-corrected chi connectivity index (χ0v) is 11.2. The van der Waals surface area contributed by atoms with Gasteiger partial charge in [0.15, 0.2) is 0 Å². The number of hydrogen-bond donors (Lipinski definition) is 2. The highest BCUT2D eigenvalue weighted by molar-refractivity contribution is 9.10. The minimum Gasteiger partial charge on any atom is -0.355 e. The Labute approximate surface area is 109 Å². The lowest BCUT2D eigenvalue weighted by Gasteiger charge is -2.06. The van der Waals surface area contributed by atoms with Gasteiger partial charge in [0.25, 0.3) is 5.91 Å². The van der Waals surface area contributed by atoms with Gasteiger partial charge in [0.2, 0.25) is 5.91 Å². The lowest BCUT2D eigenvalue weighted by molar-refractivity contribution is -0.120. The fourth-order valence-electron chi connectivity index (χ4n) is 1.22. The van der Waals surface area contributed by atoms with E-state index in [9.17, 15) is 9.59 Å². The maximum absolute atomic E-state index is 11.7. The van der Waals surface area contributed by atoms with E-state index in [4.69, 9.17) is 0 Å². The van der Waals surface area contributed by atoms with Crippen LogP contribution >= 0.6 is 15.9 Å². The first-order valence-electron chi connectivity index (χ1n) is 5.44. The van der Waals surface area contributed by atoms with Crippen molar-refractivity contribution >= 4 is 27.7 Å². The first-order valence-corrected chi connectivity index (χ1v) is 6.23. The largest absolute Gasteiger partial charge is 0.355 e. The summed E-state index contributed by atoms with van der Waals surface area (Å²) in [5, 5.41) is 5.25. The molecule has 4 nitrogen and oxygen atoms in total. The molecule has 92 valence electrons. The quantitative estimate of drug-likeness (QED) is 0.869. The standard InChI is InChI=1S/C12H15BrN2O2/c1-2-6-14-11(16)8-15-12(17)9-4-3-5-10(13)7-9/h3-5,7H,2,6,8H2,1H3,(H,14,16)(H,15,17). The van der Waals surface area contributed by atoms with E-state index in [0.717, 1.165) is 10.9 Å². The van der Waals surface area contributed by atoms with Crippen LogP contribution in [0.5, 0.6) is 0 Å². The zero-order valence-electron chi connectivity index (χ0n) is 9.63. The van der Waals surface area contributed by atoms with Gasteiger partial charge in [-0.1, -0.05) is 28.9 Å². The first kappa shape index (κ1) is 13.7. The number of halogens is 1. The maximum atomic E-state index is 11.7. The number of hydrogen-bond acceptors (Lipinski definition) is 2. The average Bonchev–Trinajstić information content (AvgIpc) is 2.33. The highest BCUT2D eigenvalue weighted by atomic mass is 79.9. The van der Waals surface area contributed by atoms with Crippen molar-refractivity contribution in [1.29, 1.82) is 0 Å². The summed E-state index contributed by atoms with van der Waals surface area (Å²) in [7, 11) is 0. The van der Waals surface area contributed by atoms with Gasteiger partial charge >= 0.3 is 0 Å². The number of carbonyl (C=O) groups is 2. The van der Waals surface area contributed by atoms with Crippen LogP contribution in [-0.2, 0) is 4.79 Å². The van der Waals surface area contributed by atoms with Gasteiger partial charge in [-0.2, -0.15) is 0 Å². The molecule has 2 N–H and O–H groups in total. The minimum absolute atomic E-state index is 0.00530.